The maximum Gasteiger partial charge on any atom is 0.191 e. The van der Waals surface area contributed by atoms with Gasteiger partial charge in [-0.1, -0.05) is 19.1 Å². The van der Waals surface area contributed by atoms with Crippen molar-refractivity contribution in [1.29, 1.82) is 0 Å². The van der Waals surface area contributed by atoms with Crippen molar-refractivity contribution in [2.24, 2.45) is 4.99 Å². The van der Waals surface area contributed by atoms with Gasteiger partial charge in [0.05, 0.1) is 13.7 Å². The highest BCUT2D eigenvalue weighted by atomic mass is 16.5. The number of ether oxygens (including phenoxy) is 1. The first-order valence-electron chi connectivity index (χ1n) is 9.16. The van der Waals surface area contributed by atoms with Gasteiger partial charge in [0.15, 0.2) is 5.96 Å². The number of methoxy groups -OCH3 is 1. The third-order valence-corrected chi connectivity index (χ3v) is 4.34. The first-order valence-corrected chi connectivity index (χ1v) is 9.16. The van der Waals surface area contributed by atoms with E-state index in [0.29, 0.717) is 0 Å². The Morgan fingerprint density at radius 3 is 2.54 bits per heavy atom. The molecule has 0 aliphatic heterocycles. The monoisotopic (exact) mass is 332 g/mol. The van der Waals surface area contributed by atoms with Gasteiger partial charge < -0.3 is 15.4 Å². The van der Waals surface area contributed by atoms with E-state index < -0.39 is 0 Å². The smallest absolute Gasteiger partial charge is 0.191 e. The molecule has 0 spiro atoms. The van der Waals surface area contributed by atoms with Crippen LogP contribution in [0, 0.1) is 0 Å². The molecule has 0 heterocycles. The Balaban J connectivity index is 1.73. The van der Waals surface area contributed by atoms with Crippen LogP contribution in [-0.4, -0.2) is 56.7 Å². The minimum Gasteiger partial charge on any atom is -0.497 e. The minimum atomic E-state index is 0.816. The standard InChI is InChI=1S/C19H32N4O/c1-4-20-19(22-14-15-23(5-2)17-8-9-17)21-13-12-16-6-10-18(24-3)11-7-16/h6-7,10-11,17H,4-5,8-9,12-15H2,1-3H3,(H2,20,21,22). The number of likely N-dealkylation sites (N-methyl/N-ethyl adjacent to an activating group) is 1. The van der Waals surface area contributed by atoms with E-state index in [1.165, 1.54) is 18.4 Å². The quantitative estimate of drug-likeness (QED) is 0.510. The fraction of sp³-hybridized carbons (Fsp3) is 0.632. The van der Waals surface area contributed by atoms with Gasteiger partial charge in [-0.3, -0.25) is 9.89 Å². The molecule has 1 aromatic rings. The third kappa shape index (κ3) is 6.40. The van der Waals surface area contributed by atoms with E-state index in [4.69, 9.17) is 9.73 Å². The molecule has 1 aliphatic rings. The summed E-state index contributed by atoms with van der Waals surface area (Å²) in [6, 6.07) is 9.05. The van der Waals surface area contributed by atoms with E-state index in [0.717, 1.165) is 56.9 Å². The number of nitrogens with zero attached hydrogens (tertiary/aromatic N) is 2. The zero-order chi connectivity index (χ0) is 17.2. The topological polar surface area (TPSA) is 48.9 Å². The second-order valence-corrected chi connectivity index (χ2v) is 6.15. The summed E-state index contributed by atoms with van der Waals surface area (Å²) in [6.45, 7) is 9.12. The molecule has 0 amide bonds. The average molecular weight is 332 g/mol. The highest BCUT2D eigenvalue weighted by molar-refractivity contribution is 5.79. The van der Waals surface area contributed by atoms with Gasteiger partial charge in [0.25, 0.3) is 0 Å². The molecule has 2 N–H and O–H groups in total. The molecule has 5 nitrogen and oxygen atoms in total. The lowest BCUT2D eigenvalue weighted by molar-refractivity contribution is 0.286. The molecule has 2 rings (SSSR count). The SMILES string of the molecule is CCNC(=NCCN(CC)C1CC1)NCCc1ccc(OC)cc1. The van der Waals surface area contributed by atoms with Gasteiger partial charge >= 0.3 is 0 Å². The maximum atomic E-state index is 5.19. The lowest BCUT2D eigenvalue weighted by atomic mass is 10.1. The number of rotatable bonds is 10. The van der Waals surface area contributed by atoms with Crippen LogP contribution in [0.15, 0.2) is 29.3 Å². The first kappa shape index (κ1) is 18.6. The van der Waals surface area contributed by atoms with Crippen molar-refractivity contribution in [1.82, 2.24) is 15.5 Å². The summed E-state index contributed by atoms with van der Waals surface area (Å²) in [6.07, 6.45) is 3.69. The van der Waals surface area contributed by atoms with E-state index in [1.54, 1.807) is 7.11 Å². The van der Waals surface area contributed by atoms with Crippen LogP contribution in [0.4, 0.5) is 0 Å². The van der Waals surface area contributed by atoms with Gasteiger partial charge in [-0.25, -0.2) is 0 Å². The Kier molecular flexibility index (Phi) is 7.89. The molecule has 1 fully saturated rings. The molecule has 0 aromatic heterocycles. The molecule has 0 unspecified atom stereocenters. The van der Waals surface area contributed by atoms with Crippen LogP contribution in [0.25, 0.3) is 0 Å². The molecule has 24 heavy (non-hydrogen) atoms. The summed E-state index contributed by atoms with van der Waals surface area (Å²) in [5.74, 6) is 1.82. The minimum absolute atomic E-state index is 0.816. The fourth-order valence-electron chi connectivity index (χ4n) is 2.79. The van der Waals surface area contributed by atoms with Gasteiger partial charge in [0, 0.05) is 25.7 Å². The van der Waals surface area contributed by atoms with Crippen molar-refractivity contribution in [2.75, 3.05) is 39.8 Å². The molecular weight excluding hydrogens is 300 g/mol. The molecule has 0 saturated heterocycles. The molecule has 134 valence electrons. The fourth-order valence-corrected chi connectivity index (χ4v) is 2.79. The molecule has 1 aromatic carbocycles. The van der Waals surface area contributed by atoms with E-state index in [2.05, 4.69) is 41.5 Å². The van der Waals surface area contributed by atoms with Crippen molar-refractivity contribution < 1.29 is 4.74 Å². The van der Waals surface area contributed by atoms with Crippen LogP contribution < -0.4 is 15.4 Å². The summed E-state index contributed by atoms with van der Waals surface area (Å²) in [7, 11) is 1.69. The highest BCUT2D eigenvalue weighted by Crippen LogP contribution is 2.25. The number of hydrogen-bond donors (Lipinski definition) is 2. The molecular formula is C19H32N4O. The van der Waals surface area contributed by atoms with Crippen LogP contribution in [0.2, 0.25) is 0 Å². The second kappa shape index (κ2) is 10.2. The highest BCUT2D eigenvalue weighted by Gasteiger charge is 2.27. The van der Waals surface area contributed by atoms with Crippen molar-refractivity contribution in [3.05, 3.63) is 29.8 Å². The van der Waals surface area contributed by atoms with Crippen molar-refractivity contribution in [3.63, 3.8) is 0 Å². The maximum absolute atomic E-state index is 5.19. The third-order valence-electron chi connectivity index (χ3n) is 4.34. The second-order valence-electron chi connectivity index (χ2n) is 6.15. The van der Waals surface area contributed by atoms with Crippen LogP contribution in [-0.2, 0) is 6.42 Å². The van der Waals surface area contributed by atoms with E-state index in [-0.39, 0.29) is 0 Å². The predicted octanol–water partition coefficient (Wildman–Crippen LogP) is 2.28. The van der Waals surface area contributed by atoms with Crippen molar-refractivity contribution in [3.8, 4) is 5.75 Å². The Labute approximate surface area is 146 Å². The van der Waals surface area contributed by atoms with E-state index >= 15 is 0 Å². The zero-order valence-corrected chi connectivity index (χ0v) is 15.3. The normalized spacial score (nSPS) is 14.8. The van der Waals surface area contributed by atoms with E-state index in [1.807, 2.05) is 12.1 Å². The van der Waals surface area contributed by atoms with Crippen molar-refractivity contribution >= 4 is 5.96 Å². The van der Waals surface area contributed by atoms with Gasteiger partial charge in [0.2, 0.25) is 0 Å². The lowest BCUT2D eigenvalue weighted by Gasteiger charge is -2.19. The summed E-state index contributed by atoms with van der Waals surface area (Å²) in [5, 5.41) is 6.75. The molecule has 0 radical (unpaired) electrons. The molecule has 0 atom stereocenters. The molecule has 5 heteroatoms. The van der Waals surface area contributed by atoms with Crippen molar-refractivity contribution in [2.45, 2.75) is 39.2 Å². The van der Waals surface area contributed by atoms with Gasteiger partial charge in [-0.15, -0.1) is 0 Å². The van der Waals surface area contributed by atoms with Gasteiger partial charge in [-0.05, 0) is 50.4 Å². The predicted molar refractivity (Wildman–Crippen MR) is 101 cm³/mol. The van der Waals surface area contributed by atoms with Crippen LogP contribution >= 0.6 is 0 Å². The number of nitrogens with one attached hydrogen (secondary N) is 2. The Morgan fingerprint density at radius 1 is 1.21 bits per heavy atom. The van der Waals surface area contributed by atoms with Gasteiger partial charge in [-0.2, -0.15) is 0 Å². The van der Waals surface area contributed by atoms with Crippen LogP contribution in [0.5, 0.6) is 5.75 Å². The summed E-state index contributed by atoms with van der Waals surface area (Å²) >= 11 is 0. The number of hydrogen-bond acceptors (Lipinski definition) is 3. The molecule has 1 aliphatic carbocycles. The zero-order valence-electron chi connectivity index (χ0n) is 15.3. The average Bonchev–Trinajstić information content (AvgIpc) is 3.44. The Hall–Kier alpha value is -1.75. The summed E-state index contributed by atoms with van der Waals surface area (Å²) < 4.78 is 5.19. The molecule has 1 saturated carbocycles. The van der Waals surface area contributed by atoms with Crippen LogP contribution in [0.3, 0.4) is 0 Å². The largest absolute Gasteiger partial charge is 0.497 e. The number of benzene rings is 1. The lowest BCUT2D eigenvalue weighted by Crippen LogP contribution is -2.39. The number of aliphatic imine (C=N–C) groups is 1. The first-order chi connectivity index (χ1) is 11.8. The number of guanidine groups is 1. The summed E-state index contributed by atoms with van der Waals surface area (Å²) in [4.78, 5) is 7.23. The van der Waals surface area contributed by atoms with Gasteiger partial charge in [0.1, 0.15) is 5.75 Å². The summed E-state index contributed by atoms with van der Waals surface area (Å²) in [5.41, 5.74) is 1.30. The Bertz CT molecular complexity index is 497. The molecule has 0 bridgehead atoms. The Morgan fingerprint density at radius 2 is 1.96 bits per heavy atom. The van der Waals surface area contributed by atoms with Crippen LogP contribution in [0.1, 0.15) is 32.3 Å². The van der Waals surface area contributed by atoms with E-state index in [9.17, 15) is 0 Å².